The van der Waals surface area contributed by atoms with E-state index in [0.29, 0.717) is 26.1 Å². The molecule has 0 fully saturated rings. The first-order chi connectivity index (χ1) is 10.7. The van der Waals surface area contributed by atoms with Gasteiger partial charge >= 0.3 is 11.9 Å². The third-order valence-corrected chi connectivity index (χ3v) is 3.45. The van der Waals surface area contributed by atoms with E-state index in [0.717, 1.165) is 38.5 Å². The first-order valence-electron chi connectivity index (χ1n) is 9.02. The lowest BCUT2D eigenvalue weighted by Gasteiger charge is -2.04. The number of hydrogen-bond donors (Lipinski definition) is 0. The number of hydrogen-bond acceptors (Lipinski definition) is 4. The van der Waals surface area contributed by atoms with Gasteiger partial charge in [-0.2, -0.15) is 0 Å². The minimum Gasteiger partial charge on any atom is -0.466 e. The molecule has 0 radical (unpaired) electrons. The van der Waals surface area contributed by atoms with Crippen molar-refractivity contribution in [3.63, 3.8) is 0 Å². The van der Waals surface area contributed by atoms with Crippen molar-refractivity contribution in [1.29, 1.82) is 0 Å². The van der Waals surface area contributed by atoms with Crippen LogP contribution in [0.1, 0.15) is 90.9 Å². The van der Waals surface area contributed by atoms with Gasteiger partial charge in [-0.1, -0.05) is 52.4 Å². The molecule has 0 heterocycles. The van der Waals surface area contributed by atoms with Gasteiger partial charge < -0.3 is 9.47 Å². The topological polar surface area (TPSA) is 52.6 Å². The van der Waals surface area contributed by atoms with E-state index < -0.39 is 0 Å². The zero-order valence-corrected chi connectivity index (χ0v) is 14.5. The van der Waals surface area contributed by atoms with Crippen LogP contribution in [-0.4, -0.2) is 25.2 Å². The SMILES string of the molecule is CCCOC(=O)CCCCCCCCCCC(=O)OCCC. The molecular weight excluding hydrogens is 280 g/mol. The van der Waals surface area contributed by atoms with Crippen LogP contribution in [0.3, 0.4) is 0 Å². The molecule has 0 aromatic carbocycles. The fourth-order valence-corrected chi connectivity index (χ4v) is 2.18. The van der Waals surface area contributed by atoms with Crippen LogP contribution in [0.15, 0.2) is 0 Å². The van der Waals surface area contributed by atoms with Gasteiger partial charge in [0.15, 0.2) is 0 Å². The molecule has 0 unspecified atom stereocenters. The third kappa shape index (κ3) is 15.3. The van der Waals surface area contributed by atoms with E-state index in [1.54, 1.807) is 0 Å². The van der Waals surface area contributed by atoms with Crippen LogP contribution in [0.2, 0.25) is 0 Å². The van der Waals surface area contributed by atoms with Crippen LogP contribution in [0.25, 0.3) is 0 Å². The van der Waals surface area contributed by atoms with Crippen LogP contribution in [0.5, 0.6) is 0 Å². The Morgan fingerprint density at radius 1 is 0.591 bits per heavy atom. The van der Waals surface area contributed by atoms with Crippen molar-refractivity contribution in [2.45, 2.75) is 90.9 Å². The van der Waals surface area contributed by atoms with E-state index in [1.807, 2.05) is 13.8 Å². The Morgan fingerprint density at radius 3 is 1.23 bits per heavy atom. The van der Waals surface area contributed by atoms with Gasteiger partial charge in [0.2, 0.25) is 0 Å². The molecule has 0 saturated carbocycles. The van der Waals surface area contributed by atoms with Gasteiger partial charge in [-0.3, -0.25) is 9.59 Å². The molecule has 4 nitrogen and oxygen atoms in total. The highest BCUT2D eigenvalue weighted by Crippen LogP contribution is 2.11. The van der Waals surface area contributed by atoms with Gasteiger partial charge in [-0.25, -0.2) is 0 Å². The van der Waals surface area contributed by atoms with Crippen LogP contribution < -0.4 is 0 Å². The second kappa shape index (κ2) is 16.3. The van der Waals surface area contributed by atoms with Gasteiger partial charge in [0.05, 0.1) is 13.2 Å². The predicted molar refractivity (Wildman–Crippen MR) is 88.7 cm³/mol. The molecule has 0 aromatic rings. The highest BCUT2D eigenvalue weighted by atomic mass is 16.5. The Hall–Kier alpha value is -1.06. The van der Waals surface area contributed by atoms with Crippen molar-refractivity contribution < 1.29 is 19.1 Å². The number of unbranched alkanes of at least 4 members (excludes halogenated alkanes) is 7. The maximum Gasteiger partial charge on any atom is 0.305 e. The second-order valence-corrected chi connectivity index (χ2v) is 5.77. The molecule has 22 heavy (non-hydrogen) atoms. The highest BCUT2D eigenvalue weighted by Gasteiger charge is 2.02. The van der Waals surface area contributed by atoms with E-state index in [2.05, 4.69) is 0 Å². The molecule has 130 valence electrons. The number of rotatable bonds is 15. The summed E-state index contributed by atoms with van der Waals surface area (Å²) in [6.45, 7) is 5.10. The lowest BCUT2D eigenvalue weighted by molar-refractivity contribution is -0.144. The number of carbonyl (C=O) groups excluding carboxylic acids is 2. The fourth-order valence-electron chi connectivity index (χ4n) is 2.18. The molecule has 0 amide bonds. The van der Waals surface area contributed by atoms with E-state index in [-0.39, 0.29) is 11.9 Å². The monoisotopic (exact) mass is 314 g/mol. The van der Waals surface area contributed by atoms with E-state index in [1.165, 1.54) is 25.7 Å². The van der Waals surface area contributed by atoms with Crippen LogP contribution in [-0.2, 0) is 19.1 Å². The molecular formula is C18H34O4. The van der Waals surface area contributed by atoms with Gasteiger partial charge in [0, 0.05) is 12.8 Å². The molecule has 0 aromatic heterocycles. The van der Waals surface area contributed by atoms with Gasteiger partial charge in [0.1, 0.15) is 0 Å². The lowest BCUT2D eigenvalue weighted by atomic mass is 10.1. The maximum atomic E-state index is 11.3. The number of esters is 2. The highest BCUT2D eigenvalue weighted by molar-refractivity contribution is 5.69. The Labute approximate surface area is 135 Å². The fraction of sp³-hybridized carbons (Fsp3) is 0.889. The Morgan fingerprint density at radius 2 is 0.909 bits per heavy atom. The molecule has 0 bridgehead atoms. The number of carbonyl (C=O) groups is 2. The zero-order chi connectivity index (χ0) is 16.5. The zero-order valence-electron chi connectivity index (χ0n) is 14.5. The van der Waals surface area contributed by atoms with Crippen molar-refractivity contribution >= 4 is 11.9 Å². The Balaban J connectivity index is 3.17. The molecule has 0 rings (SSSR count). The van der Waals surface area contributed by atoms with Crippen molar-refractivity contribution in [3.8, 4) is 0 Å². The Bertz CT molecular complexity index is 248. The average Bonchev–Trinajstić information content (AvgIpc) is 2.52. The number of ether oxygens (including phenoxy) is 2. The molecule has 0 N–H and O–H groups in total. The molecule has 0 aliphatic heterocycles. The summed E-state index contributed by atoms with van der Waals surface area (Å²) in [6, 6.07) is 0. The molecule has 4 heteroatoms. The predicted octanol–water partition coefficient (Wildman–Crippen LogP) is 4.79. The summed E-state index contributed by atoms with van der Waals surface area (Å²) in [4.78, 5) is 22.5. The van der Waals surface area contributed by atoms with Crippen molar-refractivity contribution in [2.75, 3.05) is 13.2 Å². The molecule has 0 saturated heterocycles. The summed E-state index contributed by atoms with van der Waals surface area (Å²) < 4.78 is 10.1. The van der Waals surface area contributed by atoms with E-state index in [9.17, 15) is 9.59 Å². The molecule has 0 spiro atoms. The van der Waals surface area contributed by atoms with Gasteiger partial charge in [-0.15, -0.1) is 0 Å². The first-order valence-corrected chi connectivity index (χ1v) is 9.02. The molecule has 0 aliphatic carbocycles. The second-order valence-electron chi connectivity index (χ2n) is 5.77. The minimum absolute atomic E-state index is 0.0585. The molecule has 0 aliphatic rings. The van der Waals surface area contributed by atoms with E-state index in [4.69, 9.17) is 9.47 Å². The van der Waals surface area contributed by atoms with Crippen molar-refractivity contribution in [3.05, 3.63) is 0 Å². The third-order valence-electron chi connectivity index (χ3n) is 3.45. The molecule has 0 atom stereocenters. The lowest BCUT2D eigenvalue weighted by Crippen LogP contribution is -2.04. The van der Waals surface area contributed by atoms with Crippen LogP contribution in [0, 0.1) is 0 Å². The van der Waals surface area contributed by atoms with Crippen molar-refractivity contribution in [2.24, 2.45) is 0 Å². The summed E-state index contributed by atoms with van der Waals surface area (Å²) in [6.07, 6.45) is 11.8. The van der Waals surface area contributed by atoms with Crippen LogP contribution in [0.4, 0.5) is 0 Å². The summed E-state index contributed by atoms with van der Waals surface area (Å²) >= 11 is 0. The normalized spacial score (nSPS) is 10.5. The smallest absolute Gasteiger partial charge is 0.305 e. The van der Waals surface area contributed by atoms with Crippen LogP contribution >= 0.6 is 0 Å². The quantitative estimate of drug-likeness (QED) is 0.322. The Kier molecular flexibility index (Phi) is 15.5. The summed E-state index contributed by atoms with van der Waals surface area (Å²) in [5, 5.41) is 0. The largest absolute Gasteiger partial charge is 0.466 e. The average molecular weight is 314 g/mol. The minimum atomic E-state index is -0.0585. The van der Waals surface area contributed by atoms with Gasteiger partial charge in [-0.05, 0) is 25.7 Å². The van der Waals surface area contributed by atoms with Crippen molar-refractivity contribution in [1.82, 2.24) is 0 Å². The summed E-state index contributed by atoms with van der Waals surface area (Å²) in [5.74, 6) is -0.117. The standard InChI is InChI=1S/C18H34O4/c1-3-15-21-17(19)13-11-9-7-5-6-8-10-12-14-18(20)22-16-4-2/h3-16H2,1-2H3. The summed E-state index contributed by atoms with van der Waals surface area (Å²) in [7, 11) is 0. The maximum absolute atomic E-state index is 11.3. The summed E-state index contributed by atoms with van der Waals surface area (Å²) in [5.41, 5.74) is 0. The van der Waals surface area contributed by atoms with Gasteiger partial charge in [0.25, 0.3) is 0 Å². The van der Waals surface area contributed by atoms with E-state index >= 15 is 0 Å². The first kappa shape index (κ1) is 20.9.